The molecule has 0 amide bonds. The van der Waals surface area contributed by atoms with E-state index in [9.17, 15) is 4.79 Å². The standard InChI is InChI=1S/C24H48O2/c1-4-5-6-7-8-9-10-11-12-13-14-15-16-17-18-19-20-21-22-23(2)24(25)26-3/h23H,4-22H2,1-3H3. The predicted molar refractivity (Wildman–Crippen MR) is 115 cm³/mol. The Morgan fingerprint density at radius 3 is 1.23 bits per heavy atom. The molecule has 26 heavy (non-hydrogen) atoms. The van der Waals surface area contributed by atoms with E-state index in [1.165, 1.54) is 116 Å². The largest absolute Gasteiger partial charge is 0.469 e. The van der Waals surface area contributed by atoms with Crippen molar-refractivity contribution in [3.05, 3.63) is 0 Å². The van der Waals surface area contributed by atoms with Gasteiger partial charge in [-0.05, 0) is 6.42 Å². The van der Waals surface area contributed by atoms with Gasteiger partial charge in [0.25, 0.3) is 0 Å². The summed E-state index contributed by atoms with van der Waals surface area (Å²) in [5, 5.41) is 0. The molecule has 0 spiro atoms. The highest BCUT2D eigenvalue weighted by Crippen LogP contribution is 2.15. The SMILES string of the molecule is CCCCCCCCCCCCCCCCCCCCC(C)C(=O)OC. The smallest absolute Gasteiger partial charge is 0.308 e. The van der Waals surface area contributed by atoms with E-state index in [4.69, 9.17) is 4.74 Å². The molecule has 2 heteroatoms. The summed E-state index contributed by atoms with van der Waals surface area (Å²) in [4.78, 5) is 11.3. The average molecular weight is 369 g/mol. The van der Waals surface area contributed by atoms with Gasteiger partial charge >= 0.3 is 5.97 Å². The van der Waals surface area contributed by atoms with E-state index in [2.05, 4.69) is 6.92 Å². The Morgan fingerprint density at radius 2 is 0.923 bits per heavy atom. The summed E-state index contributed by atoms with van der Waals surface area (Å²) in [6.45, 7) is 4.26. The minimum atomic E-state index is -0.0584. The van der Waals surface area contributed by atoms with Crippen LogP contribution in [0.25, 0.3) is 0 Å². The third kappa shape index (κ3) is 18.3. The molecule has 1 unspecified atom stereocenters. The van der Waals surface area contributed by atoms with Crippen LogP contribution < -0.4 is 0 Å². The first-order valence-corrected chi connectivity index (χ1v) is 11.8. The van der Waals surface area contributed by atoms with Crippen molar-refractivity contribution in [3.63, 3.8) is 0 Å². The van der Waals surface area contributed by atoms with Crippen molar-refractivity contribution in [1.82, 2.24) is 0 Å². The highest BCUT2D eigenvalue weighted by Gasteiger charge is 2.11. The Morgan fingerprint density at radius 1 is 0.615 bits per heavy atom. The maximum atomic E-state index is 11.3. The maximum absolute atomic E-state index is 11.3. The molecule has 2 nitrogen and oxygen atoms in total. The fourth-order valence-electron chi connectivity index (χ4n) is 3.67. The van der Waals surface area contributed by atoms with E-state index >= 15 is 0 Å². The molecule has 0 aromatic rings. The fraction of sp³-hybridized carbons (Fsp3) is 0.958. The molecular weight excluding hydrogens is 320 g/mol. The van der Waals surface area contributed by atoms with Crippen LogP contribution in [0.15, 0.2) is 0 Å². The van der Waals surface area contributed by atoms with Crippen molar-refractivity contribution in [2.75, 3.05) is 7.11 Å². The number of methoxy groups -OCH3 is 1. The molecule has 0 bridgehead atoms. The molecule has 0 aliphatic carbocycles. The fourth-order valence-corrected chi connectivity index (χ4v) is 3.67. The lowest BCUT2D eigenvalue weighted by molar-refractivity contribution is -0.145. The maximum Gasteiger partial charge on any atom is 0.308 e. The Kier molecular flexibility index (Phi) is 20.4. The third-order valence-corrected chi connectivity index (χ3v) is 5.59. The van der Waals surface area contributed by atoms with Gasteiger partial charge in [-0.15, -0.1) is 0 Å². The van der Waals surface area contributed by atoms with E-state index in [0.29, 0.717) is 0 Å². The van der Waals surface area contributed by atoms with Gasteiger partial charge < -0.3 is 4.74 Å². The van der Waals surface area contributed by atoms with Crippen LogP contribution >= 0.6 is 0 Å². The minimum absolute atomic E-state index is 0.0584. The Labute approximate surface area is 164 Å². The molecule has 1 atom stereocenters. The molecule has 0 aromatic carbocycles. The first-order valence-electron chi connectivity index (χ1n) is 11.8. The normalized spacial score (nSPS) is 12.3. The van der Waals surface area contributed by atoms with Gasteiger partial charge in [-0.3, -0.25) is 4.79 Å². The second kappa shape index (κ2) is 20.8. The van der Waals surface area contributed by atoms with Crippen LogP contribution in [-0.2, 0) is 9.53 Å². The zero-order valence-electron chi connectivity index (χ0n) is 18.3. The van der Waals surface area contributed by atoms with Gasteiger partial charge in [0.1, 0.15) is 0 Å². The number of unbranched alkanes of at least 4 members (excludes halogenated alkanes) is 17. The highest BCUT2D eigenvalue weighted by molar-refractivity contribution is 5.71. The van der Waals surface area contributed by atoms with Gasteiger partial charge in [0.05, 0.1) is 13.0 Å². The monoisotopic (exact) mass is 368 g/mol. The molecule has 156 valence electrons. The van der Waals surface area contributed by atoms with Crippen LogP contribution in [0.2, 0.25) is 0 Å². The van der Waals surface area contributed by atoms with E-state index in [-0.39, 0.29) is 11.9 Å². The van der Waals surface area contributed by atoms with E-state index < -0.39 is 0 Å². The van der Waals surface area contributed by atoms with Crippen LogP contribution in [0.5, 0.6) is 0 Å². The molecule has 0 fully saturated rings. The Hall–Kier alpha value is -0.530. The lowest BCUT2D eigenvalue weighted by Gasteiger charge is -2.08. The van der Waals surface area contributed by atoms with Gasteiger partial charge in [-0.2, -0.15) is 0 Å². The van der Waals surface area contributed by atoms with Gasteiger partial charge in [0.2, 0.25) is 0 Å². The van der Waals surface area contributed by atoms with Crippen molar-refractivity contribution in [2.24, 2.45) is 5.92 Å². The van der Waals surface area contributed by atoms with Crippen LogP contribution in [0.1, 0.15) is 136 Å². The van der Waals surface area contributed by atoms with Gasteiger partial charge in [0, 0.05) is 0 Å². The van der Waals surface area contributed by atoms with Crippen molar-refractivity contribution in [3.8, 4) is 0 Å². The summed E-state index contributed by atoms with van der Waals surface area (Å²) in [5.74, 6) is 0.0121. The van der Waals surface area contributed by atoms with Crippen LogP contribution in [-0.4, -0.2) is 13.1 Å². The first-order chi connectivity index (χ1) is 12.7. The zero-order chi connectivity index (χ0) is 19.3. The summed E-state index contributed by atoms with van der Waals surface area (Å²) in [5.41, 5.74) is 0. The van der Waals surface area contributed by atoms with Gasteiger partial charge in [0.15, 0.2) is 0 Å². The lowest BCUT2D eigenvalue weighted by Crippen LogP contribution is -2.12. The second-order valence-electron chi connectivity index (χ2n) is 8.22. The van der Waals surface area contributed by atoms with Crippen molar-refractivity contribution >= 4 is 5.97 Å². The molecule has 0 N–H and O–H groups in total. The molecular formula is C24H48O2. The molecule has 0 aliphatic heterocycles. The summed E-state index contributed by atoms with van der Waals surface area (Å²) < 4.78 is 4.76. The number of carbonyl (C=O) groups excluding carboxylic acids is 1. The number of rotatable bonds is 20. The van der Waals surface area contributed by atoms with Crippen LogP contribution in [0.3, 0.4) is 0 Å². The summed E-state index contributed by atoms with van der Waals surface area (Å²) in [6, 6.07) is 0. The molecule has 0 saturated heterocycles. The van der Waals surface area contributed by atoms with E-state index in [0.717, 1.165) is 12.8 Å². The first kappa shape index (κ1) is 25.5. The van der Waals surface area contributed by atoms with Gasteiger partial charge in [-0.1, -0.05) is 129 Å². The molecule has 0 radical (unpaired) electrons. The van der Waals surface area contributed by atoms with Crippen LogP contribution in [0.4, 0.5) is 0 Å². The Bertz CT molecular complexity index is 288. The quantitative estimate of drug-likeness (QED) is 0.160. The summed E-state index contributed by atoms with van der Waals surface area (Å²) in [7, 11) is 1.48. The van der Waals surface area contributed by atoms with Crippen molar-refractivity contribution in [1.29, 1.82) is 0 Å². The topological polar surface area (TPSA) is 26.3 Å². The molecule has 0 aliphatic rings. The van der Waals surface area contributed by atoms with Gasteiger partial charge in [-0.25, -0.2) is 0 Å². The molecule has 0 saturated carbocycles. The number of hydrogen-bond donors (Lipinski definition) is 0. The average Bonchev–Trinajstić information content (AvgIpc) is 2.66. The highest BCUT2D eigenvalue weighted by atomic mass is 16.5. The predicted octanol–water partition coefficient (Wildman–Crippen LogP) is 8.23. The Balaban J connectivity index is 3.08. The lowest BCUT2D eigenvalue weighted by atomic mass is 10.0. The van der Waals surface area contributed by atoms with Crippen LogP contribution in [0, 0.1) is 5.92 Å². The molecule has 0 rings (SSSR count). The third-order valence-electron chi connectivity index (χ3n) is 5.59. The minimum Gasteiger partial charge on any atom is -0.469 e. The van der Waals surface area contributed by atoms with E-state index in [1.807, 2.05) is 6.92 Å². The summed E-state index contributed by atoms with van der Waals surface area (Å²) in [6.07, 6.45) is 26.2. The van der Waals surface area contributed by atoms with Crippen molar-refractivity contribution in [2.45, 2.75) is 136 Å². The number of carbonyl (C=O) groups is 1. The number of ether oxygens (including phenoxy) is 1. The zero-order valence-corrected chi connectivity index (χ0v) is 18.3. The molecule has 0 heterocycles. The van der Waals surface area contributed by atoms with E-state index in [1.54, 1.807) is 0 Å². The molecule has 0 aromatic heterocycles. The summed E-state index contributed by atoms with van der Waals surface area (Å²) >= 11 is 0. The second-order valence-corrected chi connectivity index (χ2v) is 8.22. The van der Waals surface area contributed by atoms with Crippen molar-refractivity contribution < 1.29 is 9.53 Å². The number of esters is 1. The number of hydrogen-bond acceptors (Lipinski definition) is 2.